The van der Waals surface area contributed by atoms with Gasteiger partial charge < -0.3 is 9.22 Å². The first-order chi connectivity index (χ1) is 12.2. The topological polar surface area (TPSA) is 26.3 Å². The summed E-state index contributed by atoms with van der Waals surface area (Å²) in [5.74, 6) is 0.0167. The van der Waals surface area contributed by atoms with Crippen LogP contribution in [0.3, 0.4) is 0 Å². The van der Waals surface area contributed by atoms with Crippen LogP contribution in [0.4, 0.5) is 0 Å². The number of hydrogen-bond acceptors (Lipinski definition) is 2. The van der Waals surface area contributed by atoms with E-state index >= 15 is 0 Å². The summed E-state index contributed by atoms with van der Waals surface area (Å²) in [7, 11) is 0. The van der Waals surface area contributed by atoms with Crippen molar-refractivity contribution in [2.75, 3.05) is 32.8 Å². The number of hydrogen-bond donors (Lipinski definition) is 0. The summed E-state index contributed by atoms with van der Waals surface area (Å²) in [6.07, 6.45) is 11.0. The van der Waals surface area contributed by atoms with Crippen LogP contribution < -0.4 is 0 Å². The fourth-order valence-corrected chi connectivity index (χ4v) is 4.36. The third-order valence-electron chi connectivity index (χ3n) is 5.73. The molecule has 25 heavy (non-hydrogen) atoms. The minimum atomic E-state index is -0.175. The molecular formula is C22H30NO2+. The summed E-state index contributed by atoms with van der Waals surface area (Å²) in [5.41, 5.74) is 1.07. The maximum absolute atomic E-state index is 12.9. The van der Waals surface area contributed by atoms with Gasteiger partial charge in [0.05, 0.1) is 25.6 Å². The van der Waals surface area contributed by atoms with E-state index in [2.05, 4.69) is 18.7 Å². The molecule has 1 aromatic carbocycles. The highest BCUT2D eigenvalue weighted by atomic mass is 16.5. The average molecular weight is 340 g/mol. The number of carbonyl (C=O) groups excluding carboxylic acids is 1. The van der Waals surface area contributed by atoms with E-state index in [1.165, 1.54) is 25.9 Å². The third kappa shape index (κ3) is 4.40. The van der Waals surface area contributed by atoms with Crippen LogP contribution in [0.5, 0.6) is 0 Å². The molecule has 3 rings (SSSR count). The van der Waals surface area contributed by atoms with Crippen LogP contribution in [0.1, 0.15) is 37.2 Å². The van der Waals surface area contributed by atoms with Crippen LogP contribution in [0.15, 0.2) is 55.1 Å². The predicted molar refractivity (Wildman–Crippen MR) is 101 cm³/mol. The van der Waals surface area contributed by atoms with Crippen LogP contribution >= 0.6 is 0 Å². The summed E-state index contributed by atoms with van der Waals surface area (Å²) in [6.45, 7) is 8.64. The second-order valence-electron chi connectivity index (χ2n) is 7.42. The van der Waals surface area contributed by atoms with Gasteiger partial charge in [-0.1, -0.05) is 49.1 Å². The van der Waals surface area contributed by atoms with Crippen molar-refractivity contribution in [1.82, 2.24) is 0 Å². The number of benzene rings is 1. The maximum atomic E-state index is 12.9. The van der Waals surface area contributed by atoms with E-state index in [9.17, 15) is 4.79 Å². The molecule has 1 saturated heterocycles. The molecule has 1 aliphatic carbocycles. The van der Waals surface area contributed by atoms with Gasteiger partial charge in [-0.05, 0) is 30.4 Å². The molecule has 0 unspecified atom stereocenters. The lowest BCUT2D eigenvalue weighted by atomic mass is 9.85. The van der Waals surface area contributed by atoms with E-state index in [1.54, 1.807) is 0 Å². The molecule has 0 spiro atoms. The molecule has 1 heterocycles. The van der Waals surface area contributed by atoms with Crippen LogP contribution in [0.2, 0.25) is 0 Å². The van der Waals surface area contributed by atoms with Crippen LogP contribution in [0.25, 0.3) is 0 Å². The lowest BCUT2D eigenvalue weighted by Gasteiger charge is -2.33. The van der Waals surface area contributed by atoms with Crippen molar-refractivity contribution in [2.24, 2.45) is 5.92 Å². The Labute approximate surface area is 151 Å². The Morgan fingerprint density at radius 2 is 2.04 bits per heavy atom. The molecule has 0 N–H and O–H groups in total. The Morgan fingerprint density at radius 3 is 2.68 bits per heavy atom. The van der Waals surface area contributed by atoms with Gasteiger partial charge in [0.25, 0.3) is 0 Å². The smallest absolute Gasteiger partial charge is 0.314 e. The minimum Gasteiger partial charge on any atom is -0.459 e. The molecule has 134 valence electrons. The molecule has 0 saturated carbocycles. The van der Waals surface area contributed by atoms with E-state index in [-0.39, 0.29) is 17.8 Å². The van der Waals surface area contributed by atoms with Crippen molar-refractivity contribution in [2.45, 2.75) is 31.6 Å². The van der Waals surface area contributed by atoms with E-state index < -0.39 is 0 Å². The number of rotatable bonds is 8. The van der Waals surface area contributed by atoms with Gasteiger partial charge in [0, 0.05) is 12.8 Å². The zero-order valence-corrected chi connectivity index (χ0v) is 15.1. The van der Waals surface area contributed by atoms with Gasteiger partial charge in [-0.15, -0.1) is 0 Å². The molecule has 2 atom stereocenters. The van der Waals surface area contributed by atoms with E-state index in [4.69, 9.17) is 4.74 Å². The number of carbonyl (C=O) groups is 1. The zero-order valence-electron chi connectivity index (χ0n) is 15.1. The van der Waals surface area contributed by atoms with E-state index in [0.717, 1.165) is 36.0 Å². The van der Waals surface area contributed by atoms with Gasteiger partial charge >= 0.3 is 5.97 Å². The van der Waals surface area contributed by atoms with Gasteiger partial charge in [-0.25, -0.2) is 0 Å². The number of nitrogens with zero attached hydrogens (tertiary/aromatic N) is 1. The lowest BCUT2D eigenvalue weighted by molar-refractivity contribution is -0.911. The summed E-state index contributed by atoms with van der Waals surface area (Å²) < 4.78 is 6.81. The molecule has 0 bridgehead atoms. The van der Waals surface area contributed by atoms with E-state index in [1.807, 2.05) is 36.4 Å². The van der Waals surface area contributed by atoms with Gasteiger partial charge in [-0.2, -0.15) is 0 Å². The maximum Gasteiger partial charge on any atom is 0.314 e. The van der Waals surface area contributed by atoms with Crippen LogP contribution in [0, 0.1) is 5.92 Å². The second-order valence-corrected chi connectivity index (χ2v) is 7.42. The Hall–Kier alpha value is -1.87. The molecule has 1 aromatic rings. The fraction of sp³-hybridized carbons (Fsp3) is 0.500. The Balaban J connectivity index is 1.62. The molecule has 3 nitrogen and oxygen atoms in total. The SMILES string of the molecule is C=CC[N+]1(CCOC(=O)[C@@H](c2ccccc2)[C@H]2C=CCC2)CCCC1. The van der Waals surface area contributed by atoms with Gasteiger partial charge in [-0.3, -0.25) is 4.79 Å². The molecule has 2 aliphatic rings. The normalized spacial score (nSPS) is 22.6. The van der Waals surface area contributed by atoms with Crippen molar-refractivity contribution in [3.8, 4) is 0 Å². The molecule has 1 aliphatic heterocycles. The lowest BCUT2D eigenvalue weighted by Crippen LogP contribution is -2.47. The van der Waals surface area contributed by atoms with Gasteiger partial charge in [0.2, 0.25) is 0 Å². The van der Waals surface area contributed by atoms with Crippen molar-refractivity contribution in [1.29, 1.82) is 0 Å². The Kier molecular flexibility index (Phi) is 6.09. The predicted octanol–water partition coefficient (Wildman–Crippen LogP) is 4.08. The number of likely N-dealkylation sites (tertiary alicyclic amines) is 1. The first kappa shape index (κ1) is 17.9. The fourth-order valence-electron chi connectivity index (χ4n) is 4.36. The molecule has 0 radical (unpaired) electrons. The molecule has 3 heteroatoms. The quantitative estimate of drug-likeness (QED) is 0.405. The summed E-state index contributed by atoms with van der Waals surface area (Å²) in [5, 5.41) is 0. The summed E-state index contributed by atoms with van der Waals surface area (Å²) in [4.78, 5) is 12.9. The zero-order chi connectivity index (χ0) is 17.5. The summed E-state index contributed by atoms with van der Waals surface area (Å²) >= 11 is 0. The first-order valence-electron chi connectivity index (χ1n) is 9.58. The van der Waals surface area contributed by atoms with Gasteiger partial charge in [0.15, 0.2) is 0 Å². The highest BCUT2D eigenvalue weighted by molar-refractivity contribution is 5.79. The standard InChI is InChI=1S/C22H30NO2/c1-2-14-23(15-8-9-16-23)17-18-25-22(24)21(20-12-6-7-13-20)19-10-4-3-5-11-19/h2-6,10-12,20-21H,1,7-9,13-18H2/q+1/t20-,21-/m0/s1. The Morgan fingerprint density at radius 1 is 1.28 bits per heavy atom. The molecule has 1 fully saturated rings. The average Bonchev–Trinajstić information content (AvgIpc) is 3.29. The van der Waals surface area contributed by atoms with Crippen LogP contribution in [-0.2, 0) is 9.53 Å². The van der Waals surface area contributed by atoms with E-state index in [0.29, 0.717) is 6.61 Å². The number of ether oxygens (including phenoxy) is 1. The van der Waals surface area contributed by atoms with Crippen molar-refractivity contribution in [3.05, 3.63) is 60.7 Å². The number of allylic oxidation sites excluding steroid dienone is 2. The largest absolute Gasteiger partial charge is 0.459 e. The third-order valence-corrected chi connectivity index (χ3v) is 5.73. The highest BCUT2D eigenvalue weighted by Crippen LogP contribution is 2.34. The van der Waals surface area contributed by atoms with Crippen molar-refractivity contribution in [3.63, 3.8) is 0 Å². The second kappa shape index (κ2) is 8.48. The first-order valence-corrected chi connectivity index (χ1v) is 9.58. The highest BCUT2D eigenvalue weighted by Gasteiger charge is 2.33. The van der Waals surface area contributed by atoms with Crippen molar-refractivity contribution < 1.29 is 14.0 Å². The number of quaternary nitrogens is 1. The Bertz CT molecular complexity index is 602. The minimum absolute atomic E-state index is 0.0706. The molecule has 0 amide bonds. The molecule has 0 aromatic heterocycles. The molecular weight excluding hydrogens is 310 g/mol. The van der Waals surface area contributed by atoms with Crippen LogP contribution in [-0.4, -0.2) is 43.2 Å². The summed E-state index contributed by atoms with van der Waals surface area (Å²) in [6, 6.07) is 10.1. The van der Waals surface area contributed by atoms with Crippen molar-refractivity contribution >= 4 is 5.97 Å². The van der Waals surface area contributed by atoms with Gasteiger partial charge in [0.1, 0.15) is 13.2 Å². The monoisotopic (exact) mass is 340 g/mol. The number of esters is 1.